The Hall–Kier alpha value is -2.49. The molecule has 4 rings (SSSR count). The third kappa shape index (κ3) is 7.75. The van der Waals surface area contributed by atoms with Gasteiger partial charge in [0.1, 0.15) is 24.5 Å². The van der Waals surface area contributed by atoms with Gasteiger partial charge in [0.25, 0.3) is 5.01 Å². The molecule has 2 aromatic carbocycles. The van der Waals surface area contributed by atoms with Gasteiger partial charge in [0, 0.05) is 12.1 Å². The third-order valence-corrected chi connectivity index (χ3v) is 6.56. The van der Waals surface area contributed by atoms with E-state index in [-0.39, 0.29) is 0 Å². The standard InChI is InChI=1S/C27H34NO6S/c1-2-28-23-5-3-4-6-26(23)35-27(28)10-8-22-7-9-24-25(21-22)34-20-18-32-16-14-30-12-11-29-13-15-31-17-19-33-24/h3-10,21H,2,11-20H2,1H3/q+1/b10-8+. The largest absolute Gasteiger partial charge is 0.487 e. The van der Waals surface area contributed by atoms with Crippen molar-refractivity contribution in [3.8, 4) is 11.5 Å². The van der Waals surface area contributed by atoms with E-state index in [1.165, 1.54) is 15.2 Å². The van der Waals surface area contributed by atoms with Gasteiger partial charge < -0.3 is 28.4 Å². The molecule has 8 heteroatoms. The van der Waals surface area contributed by atoms with Crippen LogP contribution in [-0.4, -0.2) is 66.1 Å². The Kier molecular flexibility index (Phi) is 10.4. The molecule has 2 heterocycles. The van der Waals surface area contributed by atoms with Gasteiger partial charge in [-0.2, -0.15) is 4.57 Å². The van der Waals surface area contributed by atoms with Crippen molar-refractivity contribution < 1.29 is 33.0 Å². The van der Waals surface area contributed by atoms with Crippen molar-refractivity contribution in [2.24, 2.45) is 0 Å². The maximum atomic E-state index is 6.03. The summed E-state index contributed by atoms with van der Waals surface area (Å²) in [6.07, 6.45) is 4.28. The Balaban J connectivity index is 1.45. The minimum atomic E-state index is 0.426. The van der Waals surface area contributed by atoms with Crippen LogP contribution < -0.4 is 14.0 Å². The normalized spacial score (nSPS) is 17.3. The second kappa shape index (κ2) is 14.2. The van der Waals surface area contributed by atoms with E-state index in [9.17, 15) is 0 Å². The quantitative estimate of drug-likeness (QED) is 0.502. The number of hydrogen-bond acceptors (Lipinski definition) is 7. The zero-order chi connectivity index (χ0) is 24.1. The zero-order valence-electron chi connectivity index (χ0n) is 20.3. The zero-order valence-corrected chi connectivity index (χ0v) is 21.1. The third-order valence-electron chi connectivity index (χ3n) is 5.43. The molecule has 0 saturated carbocycles. The molecule has 1 aromatic heterocycles. The number of nitrogens with zero attached hydrogens (tertiary/aromatic N) is 1. The maximum Gasteiger partial charge on any atom is 0.262 e. The van der Waals surface area contributed by atoms with Gasteiger partial charge in [-0.15, -0.1) is 0 Å². The van der Waals surface area contributed by atoms with Crippen LogP contribution in [0.4, 0.5) is 0 Å². The van der Waals surface area contributed by atoms with Gasteiger partial charge in [-0.3, -0.25) is 0 Å². The van der Waals surface area contributed by atoms with Crippen LogP contribution >= 0.6 is 11.3 Å². The van der Waals surface area contributed by atoms with Gasteiger partial charge in [0.05, 0.1) is 52.9 Å². The summed E-state index contributed by atoms with van der Waals surface area (Å²) in [5, 5.41) is 1.21. The van der Waals surface area contributed by atoms with Crippen molar-refractivity contribution in [1.29, 1.82) is 0 Å². The number of thiazole rings is 1. The van der Waals surface area contributed by atoms with Crippen LogP contribution in [0.15, 0.2) is 42.5 Å². The molecule has 188 valence electrons. The van der Waals surface area contributed by atoms with Gasteiger partial charge in [-0.1, -0.05) is 29.5 Å². The maximum absolute atomic E-state index is 6.03. The van der Waals surface area contributed by atoms with Crippen molar-refractivity contribution in [3.63, 3.8) is 0 Å². The monoisotopic (exact) mass is 500 g/mol. The Morgan fingerprint density at radius 1 is 0.714 bits per heavy atom. The van der Waals surface area contributed by atoms with Crippen molar-refractivity contribution in [1.82, 2.24) is 0 Å². The highest BCUT2D eigenvalue weighted by Crippen LogP contribution is 2.30. The number of aryl methyl sites for hydroxylation is 1. The Morgan fingerprint density at radius 3 is 1.97 bits per heavy atom. The molecular weight excluding hydrogens is 466 g/mol. The fourth-order valence-electron chi connectivity index (χ4n) is 3.71. The molecular formula is C27H34NO6S+. The van der Waals surface area contributed by atoms with E-state index in [4.69, 9.17) is 28.4 Å². The van der Waals surface area contributed by atoms with Crippen LogP contribution in [0.1, 0.15) is 17.5 Å². The first kappa shape index (κ1) is 25.6. The molecule has 0 bridgehead atoms. The van der Waals surface area contributed by atoms with Gasteiger partial charge in [0.15, 0.2) is 11.5 Å². The highest BCUT2D eigenvalue weighted by Gasteiger charge is 2.16. The molecule has 3 aromatic rings. The number of para-hydroxylation sites is 1. The molecule has 35 heavy (non-hydrogen) atoms. The topological polar surface area (TPSA) is 59.3 Å². The van der Waals surface area contributed by atoms with E-state index in [2.05, 4.69) is 47.9 Å². The van der Waals surface area contributed by atoms with E-state index in [1.54, 1.807) is 11.3 Å². The number of benzene rings is 2. The van der Waals surface area contributed by atoms with E-state index in [1.807, 2.05) is 18.2 Å². The van der Waals surface area contributed by atoms with Crippen molar-refractivity contribution in [3.05, 3.63) is 53.0 Å². The van der Waals surface area contributed by atoms with Gasteiger partial charge in [-0.25, -0.2) is 0 Å². The molecule has 0 radical (unpaired) electrons. The van der Waals surface area contributed by atoms with Crippen LogP contribution in [0.3, 0.4) is 0 Å². The summed E-state index contributed by atoms with van der Waals surface area (Å²) in [4.78, 5) is 0. The number of ether oxygens (including phenoxy) is 6. The smallest absolute Gasteiger partial charge is 0.262 e. The highest BCUT2D eigenvalue weighted by atomic mass is 32.1. The number of rotatable bonds is 3. The van der Waals surface area contributed by atoms with E-state index in [0.717, 1.165) is 12.1 Å². The highest BCUT2D eigenvalue weighted by molar-refractivity contribution is 7.18. The number of aromatic nitrogens is 1. The van der Waals surface area contributed by atoms with E-state index in [0.29, 0.717) is 77.6 Å². The predicted octanol–water partition coefficient (Wildman–Crippen LogP) is 4.22. The average molecular weight is 501 g/mol. The van der Waals surface area contributed by atoms with E-state index < -0.39 is 0 Å². The number of hydrogen-bond donors (Lipinski definition) is 0. The van der Waals surface area contributed by atoms with Crippen LogP contribution in [-0.2, 0) is 25.5 Å². The Morgan fingerprint density at radius 2 is 1.31 bits per heavy atom. The molecule has 0 atom stereocenters. The lowest BCUT2D eigenvalue weighted by atomic mass is 10.2. The molecule has 0 N–H and O–H groups in total. The summed E-state index contributed by atoms with van der Waals surface area (Å²) < 4.78 is 37.8. The molecule has 1 aliphatic rings. The predicted molar refractivity (Wildman–Crippen MR) is 137 cm³/mol. The minimum absolute atomic E-state index is 0.426. The lowest BCUT2D eigenvalue weighted by molar-refractivity contribution is -0.665. The van der Waals surface area contributed by atoms with Crippen LogP contribution in [0.2, 0.25) is 0 Å². The average Bonchev–Trinajstić information content (AvgIpc) is 3.25. The first-order valence-corrected chi connectivity index (χ1v) is 13.0. The van der Waals surface area contributed by atoms with Crippen molar-refractivity contribution >= 4 is 33.7 Å². The lowest BCUT2D eigenvalue weighted by Gasteiger charge is -2.14. The second-order valence-corrected chi connectivity index (χ2v) is 8.90. The van der Waals surface area contributed by atoms with Gasteiger partial charge >= 0.3 is 0 Å². The number of fused-ring (bicyclic) bond motifs is 2. The molecule has 1 aliphatic heterocycles. The molecule has 0 unspecified atom stereocenters. The lowest BCUT2D eigenvalue weighted by Crippen LogP contribution is -2.33. The van der Waals surface area contributed by atoms with Crippen LogP contribution in [0.25, 0.3) is 22.4 Å². The first-order valence-electron chi connectivity index (χ1n) is 12.1. The fourth-order valence-corrected chi connectivity index (χ4v) is 4.84. The van der Waals surface area contributed by atoms with Crippen molar-refractivity contribution in [2.75, 3.05) is 66.1 Å². The summed E-state index contributed by atoms with van der Waals surface area (Å²) >= 11 is 1.79. The molecule has 0 aliphatic carbocycles. The van der Waals surface area contributed by atoms with Crippen molar-refractivity contribution in [2.45, 2.75) is 13.5 Å². The summed E-state index contributed by atoms with van der Waals surface area (Å²) in [6, 6.07) is 14.5. The second-order valence-electron chi connectivity index (χ2n) is 7.84. The summed E-state index contributed by atoms with van der Waals surface area (Å²) in [5.41, 5.74) is 2.30. The molecule has 0 saturated heterocycles. The molecule has 0 fully saturated rings. The SMILES string of the molecule is CC[n+]1c(/C=C/c2ccc3c(c2)OCCOCCOCCOCCOCCO3)sc2ccccc21. The molecule has 0 spiro atoms. The fraction of sp³-hybridized carbons (Fsp3) is 0.444. The Labute approximate surface area is 210 Å². The van der Waals surface area contributed by atoms with Gasteiger partial charge in [0.2, 0.25) is 5.52 Å². The minimum Gasteiger partial charge on any atom is -0.487 e. The van der Waals surface area contributed by atoms with Crippen LogP contribution in [0.5, 0.6) is 11.5 Å². The summed E-state index contributed by atoms with van der Waals surface area (Å²) in [7, 11) is 0. The van der Waals surface area contributed by atoms with E-state index >= 15 is 0 Å². The molecule has 0 amide bonds. The summed E-state index contributed by atoms with van der Waals surface area (Å²) in [5.74, 6) is 1.38. The Bertz CT molecular complexity index is 1080. The first-order chi connectivity index (χ1) is 17.3. The van der Waals surface area contributed by atoms with Crippen LogP contribution in [0, 0.1) is 0 Å². The molecule has 7 nitrogen and oxygen atoms in total. The summed E-state index contributed by atoms with van der Waals surface area (Å²) in [6.45, 7) is 8.11. The van der Waals surface area contributed by atoms with Gasteiger partial charge in [-0.05, 0) is 36.8 Å².